The van der Waals surface area contributed by atoms with Gasteiger partial charge in [0.1, 0.15) is 4.90 Å². The predicted octanol–water partition coefficient (Wildman–Crippen LogP) is 1.82. The second kappa shape index (κ2) is 8.20. The van der Waals surface area contributed by atoms with Gasteiger partial charge in [0.25, 0.3) is 6.43 Å². The molecule has 1 atom stereocenters. The molecule has 3 aromatic heterocycles. The van der Waals surface area contributed by atoms with Crippen LogP contribution in [0.15, 0.2) is 23.4 Å². The highest BCUT2D eigenvalue weighted by Crippen LogP contribution is 2.37. The molecule has 2 fully saturated rings. The van der Waals surface area contributed by atoms with E-state index in [9.17, 15) is 22.3 Å². The van der Waals surface area contributed by atoms with Crippen LogP contribution in [0.25, 0.3) is 16.3 Å². The number of halogens is 2. The molecule has 1 aliphatic heterocycles. The normalized spacial score (nSPS) is 20.6. The van der Waals surface area contributed by atoms with E-state index in [-0.39, 0.29) is 22.3 Å². The third-order valence-electron chi connectivity index (χ3n) is 5.79. The van der Waals surface area contributed by atoms with Crippen molar-refractivity contribution in [1.82, 2.24) is 24.3 Å². The van der Waals surface area contributed by atoms with E-state index in [0.717, 1.165) is 12.8 Å². The Morgan fingerprint density at radius 1 is 1.39 bits per heavy atom. The number of aliphatic hydroxyl groups is 1. The van der Waals surface area contributed by atoms with E-state index in [1.807, 2.05) is 11.8 Å². The van der Waals surface area contributed by atoms with Gasteiger partial charge in [-0.3, -0.25) is 4.40 Å². The fourth-order valence-electron chi connectivity index (χ4n) is 3.75. The van der Waals surface area contributed by atoms with Crippen molar-refractivity contribution in [2.45, 2.75) is 42.7 Å². The SMILES string of the molecule is CC1(NS(=O)(=O)c2cc(N3CCO[C@H](CO)C3)c3cnc(-c4nnc(C(F)F)s4)n3c2)CC1. The Hall–Kier alpha value is -2.26. The highest BCUT2D eigenvalue weighted by atomic mass is 32.2. The lowest BCUT2D eigenvalue weighted by Gasteiger charge is -2.34. The summed E-state index contributed by atoms with van der Waals surface area (Å²) < 4.78 is 62.3. The lowest BCUT2D eigenvalue weighted by molar-refractivity contribution is 0.00361. The number of morpholine rings is 1. The average Bonchev–Trinajstić information content (AvgIpc) is 3.19. The molecule has 0 bridgehead atoms. The number of fused-ring (bicyclic) bond motifs is 1. The molecule has 1 saturated heterocycles. The predicted molar refractivity (Wildman–Crippen MR) is 116 cm³/mol. The topological polar surface area (TPSA) is 122 Å². The van der Waals surface area contributed by atoms with Crippen molar-refractivity contribution in [3.63, 3.8) is 0 Å². The fraction of sp³-hybridized carbons (Fsp3) is 0.526. The van der Waals surface area contributed by atoms with Crippen molar-refractivity contribution in [1.29, 1.82) is 0 Å². The summed E-state index contributed by atoms with van der Waals surface area (Å²) in [6, 6.07) is 1.57. The number of hydrogen-bond donors (Lipinski definition) is 2. The molecule has 4 heterocycles. The second-order valence-electron chi connectivity index (χ2n) is 8.43. The first kappa shape index (κ1) is 22.5. The Balaban J connectivity index is 1.65. The number of sulfonamides is 1. The smallest absolute Gasteiger partial charge is 0.291 e. The number of ether oxygens (including phenoxy) is 1. The molecule has 0 radical (unpaired) electrons. The number of aliphatic hydroxyl groups excluding tert-OH is 1. The van der Waals surface area contributed by atoms with Gasteiger partial charge in [0.2, 0.25) is 10.0 Å². The first-order chi connectivity index (χ1) is 15.7. The Morgan fingerprint density at radius 2 is 2.18 bits per heavy atom. The summed E-state index contributed by atoms with van der Waals surface area (Å²) in [6.45, 7) is 2.87. The summed E-state index contributed by atoms with van der Waals surface area (Å²) in [6.07, 6.45) is 1.29. The molecule has 2 aliphatic rings. The third kappa shape index (κ3) is 4.33. The van der Waals surface area contributed by atoms with E-state index < -0.39 is 33.1 Å². The molecule has 1 saturated carbocycles. The number of nitrogens with zero attached hydrogens (tertiary/aromatic N) is 5. The third-order valence-corrected chi connectivity index (χ3v) is 8.32. The largest absolute Gasteiger partial charge is 0.394 e. The number of hydrogen-bond acceptors (Lipinski definition) is 9. The van der Waals surface area contributed by atoms with Crippen molar-refractivity contribution in [2.75, 3.05) is 31.2 Å². The standard InChI is InChI=1S/C19H22F2N6O4S2/c1-19(2-3-19)25-33(29,30)12-6-13(26-4-5-31-11(8-26)10-28)14-7-22-16(27(14)9-12)18-24-23-17(32-18)15(20)21/h6-7,9,11,15,25,28H,2-5,8,10H2,1H3/t11-/m0/s1. The van der Waals surface area contributed by atoms with Gasteiger partial charge in [-0.2, -0.15) is 0 Å². The lowest BCUT2D eigenvalue weighted by Crippen LogP contribution is -2.44. The van der Waals surface area contributed by atoms with Crippen LogP contribution < -0.4 is 9.62 Å². The van der Waals surface area contributed by atoms with Crippen LogP contribution in [0.2, 0.25) is 0 Å². The Labute approximate surface area is 192 Å². The summed E-state index contributed by atoms with van der Waals surface area (Å²) >= 11 is 0.705. The number of imidazole rings is 1. The van der Waals surface area contributed by atoms with Crippen molar-refractivity contribution in [3.05, 3.63) is 23.5 Å². The van der Waals surface area contributed by atoms with E-state index >= 15 is 0 Å². The summed E-state index contributed by atoms with van der Waals surface area (Å²) in [7, 11) is -3.87. The zero-order valence-corrected chi connectivity index (χ0v) is 19.2. The zero-order valence-electron chi connectivity index (χ0n) is 17.6. The second-order valence-corrected chi connectivity index (χ2v) is 11.1. The summed E-state index contributed by atoms with van der Waals surface area (Å²) in [4.78, 5) is 6.29. The number of anilines is 1. The van der Waals surface area contributed by atoms with Gasteiger partial charge in [0, 0.05) is 24.8 Å². The van der Waals surface area contributed by atoms with Crippen LogP contribution in [-0.2, 0) is 14.8 Å². The van der Waals surface area contributed by atoms with Crippen molar-refractivity contribution in [3.8, 4) is 10.8 Å². The van der Waals surface area contributed by atoms with Crippen LogP contribution >= 0.6 is 11.3 Å². The molecule has 3 aromatic rings. The lowest BCUT2D eigenvalue weighted by atomic mass is 10.2. The van der Waals surface area contributed by atoms with Crippen LogP contribution in [0.5, 0.6) is 0 Å². The number of alkyl halides is 2. The van der Waals surface area contributed by atoms with E-state index in [1.165, 1.54) is 10.6 Å². The molecule has 0 aromatic carbocycles. The quantitative estimate of drug-likeness (QED) is 0.504. The molecule has 0 spiro atoms. The number of aromatic nitrogens is 4. The Kier molecular flexibility index (Phi) is 5.60. The molecule has 10 nitrogen and oxygen atoms in total. The summed E-state index contributed by atoms with van der Waals surface area (Å²) in [5.74, 6) is 0.220. The number of rotatable bonds is 7. The van der Waals surface area contributed by atoms with Gasteiger partial charge < -0.3 is 14.7 Å². The molecule has 0 amide bonds. The molecule has 178 valence electrons. The molecular formula is C19H22F2N6O4S2. The minimum Gasteiger partial charge on any atom is -0.394 e. The van der Waals surface area contributed by atoms with E-state index in [0.29, 0.717) is 42.2 Å². The van der Waals surface area contributed by atoms with Crippen LogP contribution in [0.1, 0.15) is 31.2 Å². The van der Waals surface area contributed by atoms with E-state index in [2.05, 4.69) is 19.9 Å². The highest BCUT2D eigenvalue weighted by molar-refractivity contribution is 7.89. The van der Waals surface area contributed by atoms with Crippen LogP contribution in [-0.4, -0.2) is 71.1 Å². The first-order valence-corrected chi connectivity index (χ1v) is 12.6. The molecule has 5 rings (SSSR count). The summed E-state index contributed by atoms with van der Waals surface area (Å²) in [5, 5.41) is 16.6. The monoisotopic (exact) mass is 500 g/mol. The zero-order chi connectivity index (χ0) is 23.4. The molecular weight excluding hydrogens is 478 g/mol. The molecule has 1 aliphatic carbocycles. The van der Waals surface area contributed by atoms with Crippen molar-refractivity contribution in [2.24, 2.45) is 0 Å². The van der Waals surface area contributed by atoms with E-state index in [1.54, 1.807) is 12.3 Å². The number of pyridine rings is 1. The molecule has 2 N–H and O–H groups in total. The van der Waals surface area contributed by atoms with Gasteiger partial charge in [-0.05, 0) is 25.8 Å². The average molecular weight is 501 g/mol. The summed E-state index contributed by atoms with van der Waals surface area (Å²) in [5.41, 5.74) is 0.685. The number of nitrogens with one attached hydrogen (secondary N) is 1. The van der Waals surface area contributed by atoms with Gasteiger partial charge >= 0.3 is 0 Å². The van der Waals surface area contributed by atoms with Crippen molar-refractivity contribution < 1.29 is 27.0 Å². The first-order valence-electron chi connectivity index (χ1n) is 10.3. The fourth-order valence-corrected chi connectivity index (χ4v) is 5.92. The molecule has 14 heteroatoms. The van der Waals surface area contributed by atoms with Gasteiger partial charge in [-0.15, -0.1) is 10.2 Å². The maximum absolute atomic E-state index is 13.2. The van der Waals surface area contributed by atoms with Crippen LogP contribution in [0.3, 0.4) is 0 Å². The Morgan fingerprint density at radius 3 is 2.85 bits per heavy atom. The minimum absolute atomic E-state index is 0.0167. The highest BCUT2D eigenvalue weighted by Gasteiger charge is 2.41. The maximum Gasteiger partial charge on any atom is 0.291 e. The van der Waals surface area contributed by atoms with Gasteiger partial charge in [0.15, 0.2) is 15.8 Å². The maximum atomic E-state index is 13.2. The molecule has 0 unspecified atom stereocenters. The molecule has 33 heavy (non-hydrogen) atoms. The van der Waals surface area contributed by atoms with Gasteiger partial charge in [-0.25, -0.2) is 26.9 Å². The van der Waals surface area contributed by atoms with Gasteiger partial charge in [0.05, 0.1) is 36.7 Å². The van der Waals surface area contributed by atoms with Crippen molar-refractivity contribution >= 4 is 32.6 Å². The van der Waals surface area contributed by atoms with Crippen LogP contribution in [0, 0.1) is 0 Å². The Bertz CT molecular complexity index is 1290. The minimum atomic E-state index is -3.87. The van der Waals surface area contributed by atoms with Crippen LogP contribution in [0.4, 0.5) is 14.5 Å². The van der Waals surface area contributed by atoms with E-state index in [4.69, 9.17) is 4.74 Å². The van der Waals surface area contributed by atoms with Gasteiger partial charge in [-0.1, -0.05) is 11.3 Å².